The molecule has 0 atom stereocenters. The predicted octanol–water partition coefficient (Wildman–Crippen LogP) is 0.523. The van der Waals surface area contributed by atoms with E-state index in [2.05, 4.69) is 4.90 Å². The highest BCUT2D eigenvalue weighted by Crippen LogP contribution is 2.20. The second-order valence-electron chi connectivity index (χ2n) is 5.03. The van der Waals surface area contributed by atoms with E-state index in [1.807, 2.05) is 0 Å². The van der Waals surface area contributed by atoms with Crippen molar-refractivity contribution in [3.63, 3.8) is 0 Å². The first-order valence-corrected chi connectivity index (χ1v) is 8.54. The lowest BCUT2D eigenvalue weighted by atomic mass is 10.0. The van der Waals surface area contributed by atoms with Gasteiger partial charge in [-0.2, -0.15) is 0 Å². The zero-order chi connectivity index (χ0) is 13.0. The quantitative estimate of drug-likeness (QED) is 0.754. The summed E-state index contributed by atoms with van der Waals surface area (Å²) < 4.78 is 30.7. The van der Waals surface area contributed by atoms with Crippen molar-refractivity contribution < 1.29 is 13.2 Å². The third kappa shape index (κ3) is 3.44. The van der Waals surface area contributed by atoms with Gasteiger partial charge >= 0.3 is 0 Å². The molecule has 0 unspecified atom stereocenters. The summed E-state index contributed by atoms with van der Waals surface area (Å²) in [5.74, 6) is 0.217. The standard InChI is InChI=1S/C12H24N2O3S/c1-2-18(15,16)14-7-4-12(5-8-14)13-6-3-10-17-11-9-13/h12H,2-11H2,1H3. The van der Waals surface area contributed by atoms with E-state index in [0.29, 0.717) is 19.1 Å². The van der Waals surface area contributed by atoms with Gasteiger partial charge in [-0.15, -0.1) is 0 Å². The smallest absolute Gasteiger partial charge is 0.213 e. The van der Waals surface area contributed by atoms with Crippen molar-refractivity contribution >= 4 is 10.0 Å². The third-order valence-corrected chi connectivity index (χ3v) is 5.84. The molecule has 5 nitrogen and oxygen atoms in total. The molecule has 0 radical (unpaired) electrons. The summed E-state index contributed by atoms with van der Waals surface area (Å²) in [6.07, 6.45) is 3.01. The Balaban J connectivity index is 1.86. The van der Waals surface area contributed by atoms with Gasteiger partial charge in [0.2, 0.25) is 10.0 Å². The van der Waals surface area contributed by atoms with Gasteiger partial charge in [0.1, 0.15) is 0 Å². The summed E-state index contributed by atoms with van der Waals surface area (Å²) >= 11 is 0. The molecule has 6 heteroatoms. The molecule has 0 spiro atoms. The fraction of sp³-hybridized carbons (Fsp3) is 1.00. The molecule has 2 aliphatic heterocycles. The molecule has 0 aromatic heterocycles. The van der Waals surface area contributed by atoms with Crippen LogP contribution in [0.5, 0.6) is 0 Å². The molecule has 2 fully saturated rings. The SMILES string of the molecule is CCS(=O)(=O)N1CCC(N2CCCOCC2)CC1. The van der Waals surface area contributed by atoms with Crippen LogP contribution >= 0.6 is 0 Å². The minimum Gasteiger partial charge on any atom is -0.380 e. The van der Waals surface area contributed by atoms with Crippen LogP contribution in [0.25, 0.3) is 0 Å². The normalized spacial score (nSPS) is 26.1. The van der Waals surface area contributed by atoms with E-state index < -0.39 is 10.0 Å². The van der Waals surface area contributed by atoms with Crippen LogP contribution in [0.3, 0.4) is 0 Å². The highest BCUT2D eigenvalue weighted by molar-refractivity contribution is 7.89. The van der Waals surface area contributed by atoms with E-state index in [1.165, 1.54) is 0 Å². The van der Waals surface area contributed by atoms with Crippen LogP contribution in [0, 0.1) is 0 Å². The lowest BCUT2D eigenvalue weighted by molar-refractivity contribution is 0.114. The van der Waals surface area contributed by atoms with Crippen LogP contribution in [0.15, 0.2) is 0 Å². The summed E-state index contributed by atoms with van der Waals surface area (Å²) in [5, 5.41) is 0. The van der Waals surface area contributed by atoms with Crippen molar-refractivity contribution in [2.45, 2.75) is 32.2 Å². The molecular weight excluding hydrogens is 252 g/mol. The van der Waals surface area contributed by atoms with Crippen LogP contribution in [0.1, 0.15) is 26.2 Å². The number of rotatable bonds is 3. The molecule has 0 bridgehead atoms. The number of hydrogen-bond acceptors (Lipinski definition) is 4. The molecule has 0 aromatic carbocycles. The van der Waals surface area contributed by atoms with E-state index in [-0.39, 0.29) is 5.75 Å². The largest absolute Gasteiger partial charge is 0.380 e. The van der Waals surface area contributed by atoms with Crippen molar-refractivity contribution in [1.29, 1.82) is 0 Å². The van der Waals surface area contributed by atoms with E-state index in [0.717, 1.165) is 45.6 Å². The first-order valence-electron chi connectivity index (χ1n) is 6.93. The second kappa shape index (κ2) is 6.32. The van der Waals surface area contributed by atoms with Crippen molar-refractivity contribution in [2.75, 3.05) is 45.1 Å². The number of sulfonamides is 1. The van der Waals surface area contributed by atoms with Crippen molar-refractivity contribution in [2.24, 2.45) is 0 Å². The van der Waals surface area contributed by atoms with Gasteiger partial charge in [0.15, 0.2) is 0 Å². The lowest BCUT2D eigenvalue weighted by Gasteiger charge is -2.37. The maximum Gasteiger partial charge on any atom is 0.213 e. The molecule has 2 rings (SSSR count). The van der Waals surface area contributed by atoms with Gasteiger partial charge in [-0.1, -0.05) is 0 Å². The van der Waals surface area contributed by atoms with Crippen molar-refractivity contribution in [3.8, 4) is 0 Å². The highest BCUT2D eigenvalue weighted by atomic mass is 32.2. The lowest BCUT2D eigenvalue weighted by Crippen LogP contribution is -2.47. The minimum absolute atomic E-state index is 0.217. The number of ether oxygens (including phenoxy) is 1. The molecule has 106 valence electrons. The maximum absolute atomic E-state index is 11.8. The summed E-state index contributed by atoms with van der Waals surface area (Å²) in [7, 11) is -2.99. The average Bonchev–Trinajstić information content (AvgIpc) is 2.68. The summed E-state index contributed by atoms with van der Waals surface area (Å²) in [6.45, 7) is 6.83. The summed E-state index contributed by atoms with van der Waals surface area (Å²) in [4.78, 5) is 2.48. The van der Waals surface area contributed by atoms with E-state index in [1.54, 1.807) is 11.2 Å². The Bertz CT molecular complexity index is 342. The van der Waals surface area contributed by atoms with Crippen molar-refractivity contribution in [3.05, 3.63) is 0 Å². The number of hydrogen-bond donors (Lipinski definition) is 0. The van der Waals surface area contributed by atoms with E-state index in [4.69, 9.17) is 4.74 Å². The van der Waals surface area contributed by atoms with Gasteiger partial charge in [0.25, 0.3) is 0 Å². The minimum atomic E-state index is -2.99. The van der Waals surface area contributed by atoms with Gasteiger partial charge in [0, 0.05) is 38.8 Å². The third-order valence-electron chi connectivity index (χ3n) is 3.95. The van der Waals surface area contributed by atoms with Crippen LogP contribution in [-0.2, 0) is 14.8 Å². The molecule has 2 aliphatic rings. The fourth-order valence-corrected chi connectivity index (χ4v) is 3.93. The van der Waals surface area contributed by atoms with Crippen LogP contribution in [-0.4, -0.2) is 68.8 Å². The summed E-state index contributed by atoms with van der Waals surface area (Å²) in [6, 6.07) is 0.537. The average molecular weight is 276 g/mol. The Kier molecular flexibility index (Phi) is 5.00. The Morgan fingerprint density at radius 2 is 1.83 bits per heavy atom. The Morgan fingerprint density at radius 3 is 2.50 bits per heavy atom. The molecular formula is C12H24N2O3S. The van der Waals surface area contributed by atoms with Gasteiger partial charge in [-0.05, 0) is 26.2 Å². The fourth-order valence-electron chi connectivity index (χ4n) is 2.80. The Morgan fingerprint density at radius 1 is 1.11 bits per heavy atom. The van der Waals surface area contributed by atoms with Gasteiger partial charge < -0.3 is 4.74 Å². The number of piperidine rings is 1. The molecule has 0 aliphatic carbocycles. The molecule has 2 saturated heterocycles. The molecule has 0 saturated carbocycles. The predicted molar refractivity (Wildman–Crippen MR) is 71.1 cm³/mol. The summed E-state index contributed by atoms with van der Waals surface area (Å²) in [5.41, 5.74) is 0. The molecule has 18 heavy (non-hydrogen) atoms. The zero-order valence-corrected chi connectivity index (χ0v) is 12.0. The van der Waals surface area contributed by atoms with E-state index in [9.17, 15) is 8.42 Å². The van der Waals surface area contributed by atoms with Gasteiger partial charge in [0.05, 0.1) is 12.4 Å². The van der Waals surface area contributed by atoms with Crippen LogP contribution < -0.4 is 0 Å². The number of nitrogens with zero attached hydrogens (tertiary/aromatic N) is 2. The molecule has 0 N–H and O–H groups in total. The topological polar surface area (TPSA) is 49.9 Å². The molecule has 0 aromatic rings. The highest BCUT2D eigenvalue weighted by Gasteiger charge is 2.29. The van der Waals surface area contributed by atoms with Gasteiger partial charge in [-0.3, -0.25) is 4.90 Å². The van der Waals surface area contributed by atoms with E-state index >= 15 is 0 Å². The van der Waals surface area contributed by atoms with Crippen LogP contribution in [0.4, 0.5) is 0 Å². The molecule has 2 heterocycles. The van der Waals surface area contributed by atoms with Gasteiger partial charge in [-0.25, -0.2) is 12.7 Å². The second-order valence-corrected chi connectivity index (χ2v) is 7.29. The van der Waals surface area contributed by atoms with Crippen molar-refractivity contribution in [1.82, 2.24) is 9.21 Å². The van der Waals surface area contributed by atoms with Crippen LogP contribution in [0.2, 0.25) is 0 Å². The first-order chi connectivity index (χ1) is 8.63. The monoisotopic (exact) mass is 276 g/mol. The Labute approximate surface area is 110 Å². The Hall–Kier alpha value is -0.170. The first kappa shape index (κ1) is 14.2. The zero-order valence-electron chi connectivity index (χ0n) is 11.2. The molecule has 0 amide bonds. The maximum atomic E-state index is 11.8.